The average molecular weight is 211 g/mol. The number of rotatable bonds is 3. The first-order chi connectivity index (χ1) is 6.90. The molecule has 6 nitrogen and oxygen atoms in total. The summed E-state index contributed by atoms with van der Waals surface area (Å²) in [6, 6.07) is 0. The van der Waals surface area contributed by atoms with Crippen LogP contribution in [-0.2, 0) is 17.9 Å². The van der Waals surface area contributed by atoms with Gasteiger partial charge in [-0.2, -0.15) is 0 Å². The molecular formula is C9H17N5O. The van der Waals surface area contributed by atoms with E-state index < -0.39 is 0 Å². The molecule has 1 amide bonds. The third-order valence-electron chi connectivity index (χ3n) is 1.62. The van der Waals surface area contributed by atoms with Crippen LogP contribution in [0.1, 0.15) is 26.5 Å². The smallest absolute Gasteiger partial charge is 0.242 e. The maximum absolute atomic E-state index is 11.5. The number of hydrogen-bond donors (Lipinski definition) is 2. The first-order valence-corrected chi connectivity index (χ1v) is 4.81. The number of hydrogen-bond acceptors (Lipinski definition) is 4. The molecular weight excluding hydrogens is 194 g/mol. The second-order valence-electron chi connectivity index (χ2n) is 4.41. The van der Waals surface area contributed by atoms with E-state index in [4.69, 9.17) is 5.73 Å². The molecule has 0 fully saturated rings. The van der Waals surface area contributed by atoms with Gasteiger partial charge in [-0.15, -0.1) is 5.10 Å². The molecule has 1 heterocycles. The topological polar surface area (TPSA) is 85.8 Å². The second-order valence-corrected chi connectivity index (χ2v) is 4.41. The monoisotopic (exact) mass is 211 g/mol. The molecule has 0 aliphatic carbocycles. The summed E-state index contributed by atoms with van der Waals surface area (Å²) in [5, 5.41) is 10.4. The van der Waals surface area contributed by atoms with E-state index in [9.17, 15) is 4.79 Å². The fraction of sp³-hybridized carbons (Fsp3) is 0.667. The van der Waals surface area contributed by atoms with Gasteiger partial charge < -0.3 is 11.1 Å². The van der Waals surface area contributed by atoms with Gasteiger partial charge in [0.2, 0.25) is 5.91 Å². The van der Waals surface area contributed by atoms with E-state index in [1.807, 2.05) is 20.8 Å². The lowest BCUT2D eigenvalue weighted by atomic mass is 10.1. The van der Waals surface area contributed by atoms with Crippen molar-refractivity contribution in [3.63, 3.8) is 0 Å². The zero-order valence-corrected chi connectivity index (χ0v) is 9.32. The molecule has 0 spiro atoms. The predicted molar refractivity (Wildman–Crippen MR) is 55.8 cm³/mol. The Kier molecular flexibility index (Phi) is 3.41. The number of nitrogens with zero attached hydrogens (tertiary/aromatic N) is 3. The van der Waals surface area contributed by atoms with Gasteiger partial charge in [0.1, 0.15) is 6.54 Å². The Bertz CT molecular complexity index is 339. The molecule has 1 rings (SSSR count). The lowest BCUT2D eigenvalue weighted by molar-refractivity contribution is -0.123. The molecule has 0 bridgehead atoms. The molecule has 0 atom stereocenters. The van der Waals surface area contributed by atoms with Gasteiger partial charge in [0.25, 0.3) is 0 Å². The van der Waals surface area contributed by atoms with Crippen molar-refractivity contribution in [1.29, 1.82) is 0 Å². The van der Waals surface area contributed by atoms with Crippen LogP contribution in [0.15, 0.2) is 6.20 Å². The Balaban J connectivity index is 2.51. The lowest BCUT2D eigenvalue weighted by Crippen LogP contribution is -2.42. The van der Waals surface area contributed by atoms with Crippen LogP contribution in [0.5, 0.6) is 0 Å². The quantitative estimate of drug-likeness (QED) is 0.715. The molecule has 1 aromatic rings. The van der Waals surface area contributed by atoms with Gasteiger partial charge >= 0.3 is 0 Å². The highest BCUT2D eigenvalue weighted by Crippen LogP contribution is 1.98. The predicted octanol–water partition coefficient (Wildman–Crippen LogP) is -0.348. The standard InChI is InChI=1S/C9H17N5O/c1-9(2,3)11-8(15)6-14-5-7(4-10)12-13-14/h5H,4,6,10H2,1-3H3,(H,11,15). The minimum Gasteiger partial charge on any atom is -0.350 e. The Morgan fingerprint density at radius 1 is 1.60 bits per heavy atom. The van der Waals surface area contributed by atoms with Crippen LogP contribution in [0.25, 0.3) is 0 Å². The van der Waals surface area contributed by atoms with Crippen molar-refractivity contribution in [1.82, 2.24) is 20.3 Å². The van der Waals surface area contributed by atoms with Gasteiger partial charge in [-0.05, 0) is 20.8 Å². The SMILES string of the molecule is CC(C)(C)NC(=O)Cn1cc(CN)nn1. The number of aromatic nitrogens is 3. The van der Waals surface area contributed by atoms with E-state index in [0.29, 0.717) is 12.2 Å². The van der Waals surface area contributed by atoms with Crippen LogP contribution in [0.2, 0.25) is 0 Å². The largest absolute Gasteiger partial charge is 0.350 e. The summed E-state index contributed by atoms with van der Waals surface area (Å²) < 4.78 is 1.48. The molecule has 15 heavy (non-hydrogen) atoms. The van der Waals surface area contributed by atoms with Crippen molar-refractivity contribution in [2.24, 2.45) is 5.73 Å². The fourth-order valence-corrected chi connectivity index (χ4v) is 1.11. The van der Waals surface area contributed by atoms with Crippen molar-refractivity contribution in [2.45, 2.75) is 39.4 Å². The van der Waals surface area contributed by atoms with Crippen molar-refractivity contribution >= 4 is 5.91 Å². The second kappa shape index (κ2) is 4.39. The molecule has 6 heteroatoms. The molecule has 0 aromatic carbocycles. The maximum Gasteiger partial charge on any atom is 0.242 e. The third kappa shape index (κ3) is 4.07. The van der Waals surface area contributed by atoms with Gasteiger partial charge in [-0.25, -0.2) is 4.68 Å². The molecule has 0 radical (unpaired) electrons. The first-order valence-electron chi connectivity index (χ1n) is 4.81. The Hall–Kier alpha value is -1.43. The Morgan fingerprint density at radius 2 is 2.27 bits per heavy atom. The minimum absolute atomic E-state index is 0.0871. The Labute approximate surface area is 88.8 Å². The van der Waals surface area contributed by atoms with Gasteiger partial charge in [0.05, 0.1) is 11.9 Å². The van der Waals surface area contributed by atoms with Gasteiger partial charge in [-0.1, -0.05) is 5.21 Å². The van der Waals surface area contributed by atoms with E-state index >= 15 is 0 Å². The molecule has 1 aromatic heterocycles. The van der Waals surface area contributed by atoms with Crippen LogP contribution < -0.4 is 11.1 Å². The zero-order valence-electron chi connectivity index (χ0n) is 9.32. The van der Waals surface area contributed by atoms with Crippen LogP contribution in [0.4, 0.5) is 0 Å². The summed E-state index contributed by atoms with van der Waals surface area (Å²) in [4.78, 5) is 11.5. The van der Waals surface area contributed by atoms with Crippen LogP contribution >= 0.6 is 0 Å². The summed E-state index contributed by atoms with van der Waals surface area (Å²) in [5.41, 5.74) is 5.83. The molecule has 0 aliphatic rings. The summed E-state index contributed by atoms with van der Waals surface area (Å²) in [5.74, 6) is -0.0871. The van der Waals surface area contributed by atoms with E-state index in [2.05, 4.69) is 15.6 Å². The minimum atomic E-state index is -0.228. The molecule has 3 N–H and O–H groups in total. The maximum atomic E-state index is 11.5. The van der Waals surface area contributed by atoms with E-state index in [-0.39, 0.29) is 18.0 Å². The molecule has 0 aliphatic heterocycles. The van der Waals surface area contributed by atoms with Gasteiger partial charge in [0, 0.05) is 12.1 Å². The normalized spacial score (nSPS) is 11.5. The number of nitrogens with one attached hydrogen (secondary N) is 1. The molecule has 84 valence electrons. The van der Waals surface area contributed by atoms with Crippen molar-refractivity contribution in [2.75, 3.05) is 0 Å². The lowest BCUT2D eigenvalue weighted by Gasteiger charge is -2.20. The van der Waals surface area contributed by atoms with E-state index in [1.165, 1.54) is 4.68 Å². The molecule has 0 unspecified atom stereocenters. The zero-order chi connectivity index (χ0) is 11.5. The summed E-state index contributed by atoms with van der Waals surface area (Å²) >= 11 is 0. The highest BCUT2D eigenvalue weighted by Gasteiger charge is 2.14. The highest BCUT2D eigenvalue weighted by molar-refractivity contribution is 5.76. The Morgan fingerprint density at radius 3 is 2.73 bits per heavy atom. The number of carbonyl (C=O) groups excluding carboxylic acids is 1. The van der Waals surface area contributed by atoms with Crippen LogP contribution in [0, 0.1) is 0 Å². The molecule has 0 saturated carbocycles. The number of carbonyl (C=O) groups is 1. The van der Waals surface area contributed by atoms with Crippen LogP contribution in [-0.4, -0.2) is 26.4 Å². The van der Waals surface area contributed by atoms with E-state index in [1.54, 1.807) is 6.20 Å². The summed E-state index contributed by atoms with van der Waals surface area (Å²) in [6.45, 7) is 6.29. The highest BCUT2D eigenvalue weighted by atomic mass is 16.2. The molecule has 0 saturated heterocycles. The first kappa shape index (κ1) is 11.6. The van der Waals surface area contributed by atoms with E-state index in [0.717, 1.165) is 0 Å². The van der Waals surface area contributed by atoms with Gasteiger partial charge in [-0.3, -0.25) is 4.79 Å². The average Bonchev–Trinajstić information content (AvgIpc) is 2.48. The van der Waals surface area contributed by atoms with Crippen molar-refractivity contribution in [3.8, 4) is 0 Å². The van der Waals surface area contributed by atoms with Gasteiger partial charge in [0.15, 0.2) is 0 Å². The number of amides is 1. The van der Waals surface area contributed by atoms with Crippen molar-refractivity contribution < 1.29 is 4.79 Å². The summed E-state index contributed by atoms with van der Waals surface area (Å²) in [6.07, 6.45) is 1.67. The number of nitrogens with two attached hydrogens (primary N) is 1. The summed E-state index contributed by atoms with van der Waals surface area (Å²) in [7, 11) is 0. The van der Waals surface area contributed by atoms with Crippen molar-refractivity contribution in [3.05, 3.63) is 11.9 Å². The third-order valence-corrected chi connectivity index (χ3v) is 1.62. The van der Waals surface area contributed by atoms with Crippen LogP contribution in [0.3, 0.4) is 0 Å². The fourth-order valence-electron chi connectivity index (χ4n) is 1.11.